The average molecular weight is 374 g/mol. The molecule has 0 aliphatic heterocycles. The Labute approximate surface area is 163 Å². The Hall–Kier alpha value is -3.74. The van der Waals surface area contributed by atoms with Crippen molar-refractivity contribution in [2.75, 3.05) is 22.9 Å². The van der Waals surface area contributed by atoms with Crippen molar-refractivity contribution in [2.45, 2.75) is 6.92 Å². The predicted molar refractivity (Wildman–Crippen MR) is 113 cm³/mol. The van der Waals surface area contributed by atoms with Crippen LogP contribution >= 0.6 is 0 Å². The summed E-state index contributed by atoms with van der Waals surface area (Å²) < 4.78 is 7.89. The number of aromatic nitrogens is 3. The lowest BCUT2D eigenvalue weighted by atomic mass is 10.3. The summed E-state index contributed by atoms with van der Waals surface area (Å²) in [6, 6.07) is 18.0. The minimum Gasteiger partial charge on any atom is -0.425 e. The quantitative estimate of drug-likeness (QED) is 0.460. The number of nitrogens with one attached hydrogen (secondary N) is 2. The highest BCUT2D eigenvalue weighted by molar-refractivity contribution is 5.76. The number of nitrogen functional groups attached to an aromatic ring is 1. The fraction of sp³-hybridized carbons (Fsp3) is 0.143. The summed E-state index contributed by atoms with van der Waals surface area (Å²) in [6.07, 6.45) is 1.63. The van der Waals surface area contributed by atoms with Crippen molar-refractivity contribution in [3.8, 4) is 11.8 Å². The van der Waals surface area contributed by atoms with Gasteiger partial charge in [0.05, 0.1) is 28.6 Å². The fourth-order valence-electron chi connectivity index (χ4n) is 2.97. The molecule has 0 spiro atoms. The summed E-state index contributed by atoms with van der Waals surface area (Å²) >= 11 is 0. The molecule has 7 nitrogen and oxygen atoms in total. The Morgan fingerprint density at radius 1 is 1.11 bits per heavy atom. The van der Waals surface area contributed by atoms with Gasteiger partial charge in [-0.25, -0.2) is 4.98 Å². The van der Waals surface area contributed by atoms with E-state index in [1.54, 1.807) is 6.20 Å². The molecule has 2 heterocycles. The van der Waals surface area contributed by atoms with Gasteiger partial charge in [0.25, 0.3) is 0 Å². The van der Waals surface area contributed by atoms with Crippen molar-refractivity contribution in [2.24, 2.45) is 7.05 Å². The van der Waals surface area contributed by atoms with E-state index < -0.39 is 0 Å². The zero-order chi connectivity index (χ0) is 19.5. The van der Waals surface area contributed by atoms with Crippen LogP contribution in [-0.2, 0) is 7.05 Å². The van der Waals surface area contributed by atoms with Crippen molar-refractivity contribution in [1.82, 2.24) is 14.5 Å². The van der Waals surface area contributed by atoms with Gasteiger partial charge in [-0.05, 0) is 49.4 Å². The standard InChI is InChI=1S/C21H22N6O/c1-3-23-18-12-14(22)13-24-20(18)25-15-8-10-16(11-9-15)28-21-26-17-6-4-5-7-19(17)27(21)2/h4-13,23H,3,22H2,1-2H3,(H,24,25). The first kappa shape index (κ1) is 17.7. The molecule has 0 unspecified atom stereocenters. The Morgan fingerprint density at radius 3 is 2.64 bits per heavy atom. The molecule has 0 saturated heterocycles. The maximum absolute atomic E-state index is 5.96. The van der Waals surface area contributed by atoms with E-state index in [9.17, 15) is 0 Å². The summed E-state index contributed by atoms with van der Waals surface area (Å²) in [5.74, 6) is 1.43. The molecule has 0 atom stereocenters. The Morgan fingerprint density at radius 2 is 1.89 bits per heavy atom. The maximum Gasteiger partial charge on any atom is 0.302 e. The van der Waals surface area contributed by atoms with E-state index in [2.05, 4.69) is 20.6 Å². The number of imidazole rings is 1. The van der Waals surface area contributed by atoms with Crippen LogP contribution in [0.1, 0.15) is 6.92 Å². The summed E-state index contributed by atoms with van der Waals surface area (Å²) in [6.45, 7) is 2.81. The smallest absolute Gasteiger partial charge is 0.302 e. The summed E-state index contributed by atoms with van der Waals surface area (Å²) in [5.41, 5.74) is 10.1. The Kier molecular flexibility index (Phi) is 4.72. The van der Waals surface area contributed by atoms with Crippen molar-refractivity contribution >= 4 is 33.9 Å². The van der Waals surface area contributed by atoms with Gasteiger partial charge in [-0.15, -0.1) is 0 Å². The number of aryl methyl sites for hydroxylation is 1. The molecule has 4 aromatic rings. The van der Waals surface area contributed by atoms with Gasteiger partial charge in [0, 0.05) is 19.3 Å². The molecule has 7 heteroatoms. The number of ether oxygens (including phenoxy) is 1. The molecule has 2 aromatic heterocycles. The molecule has 0 fully saturated rings. The van der Waals surface area contributed by atoms with Gasteiger partial charge in [0.1, 0.15) is 5.75 Å². The largest absolute Gasteiger partial charge is 0.425 e. The monoisotopic (exact) mass is 374 g/mol. The first-order valence-electron chi connectivity index (χ1n) is 9.10. The lowest BCUT2D eigenvalue weighted by molar-refractivity contribution is 0.428. The molecule has 0 aliphatic carbocycles. The van der Waals surface area contributed by atoms with E-state index in [0.717, 1.165) is 34.8 Å². The highest BCUT2D eigenvalue weighted by Gasteiger charge is 2.10. The van der Waals surface area contributed by atoms with Gasteiger partial charge in [0.2, 0.25) is 0 Å². The molecular formula is C21H22N6O. The predicted octanol–water partition coefficient (Wildman–Crippen LogP) is 4.52. The maximum atomic E-state index is 5.96. The molecule has 0 amide bonds. The third kappa shape index (κ3) is 3.55. The number of pyridine rings is 1. The Balaban J connectivity index is 1.52. The fourth-order valence-corrected chi connectivity index (χ4v) is 2.97. The molecule has 142 valence electrons. The van der Waals surface area contributed by atoms with E-state index in [1.807, 2.05) is 73.1 Å². The number of nitrogens with zero attached hydrogens (tertiary/aromatic N) is 3. The van der Waals surface area contributed by atoms with Crippen LogP contribution in [-0.4, -0.2) is 21.1 Å². The zero-order valence-corrected chi connectivity index (χ0v) is 15.8. The van der Waals surface area contributed by atoms with Crippen LogP contribution in [0.2, 0.25) is 0 Å². The number of hydrogen-bond acceptors (Lipinski definition) is 6. The number of para-hydroxylation sites is 2. The van der Waals surface area contributed by atoms with E-state index in [0.29, 0.717) is 17.4 Å². The van der Waals surface area contributed by atoms with Crippen molar-refractivity contribution in [3.05, 3.63) is 60.8 Å². The van der Waals surface area contributed by atoms with Crippen LogP contribution in [0.15, 0.2) is 60.8 Å². The SMILES string of the molecule is CCNc1cc(N)cnc1Nc1ccc(Oc2nc3ccccc3n2C)cc1. The third-order valence-corrected chi connectivity index (χ3v) is 4.35. The third-order valence-electron chi connectivity index (χ3n) is 4.35. The number of nitrogens with two attached hydrogens (primary N) is 1. The Bertz CT molecular complexity index is 1100. The first-order chi connectivity index (χ1) is 13.6. The lowest BCUT2D eigenvalue weighted by Crippen LogP contribution is -2.04. The molecule has 2 aromatic carbocycles. The van der Waals surface area contributed by atoms with Gasteiger partial charge in [-0.2, -0.15) is 4.98 Å². The van der Waals surface area contributed by atoms with E-state index in [-0.39, 0.29) is 0 Å². The minimum absolute atomic E-state index is 0.552. The van der Waals surface area contributed by atoms with Crippen LogP contribution < -0.4 is 21.1 Å². The van der Waals surface area contributed by atoms with Crippen molar-refractivity contribution < 1.29 is 4.74 Å². The van der Waals surface area contributed by atoms with Crippen molar-refractivity contribution in [3.63, 3.8) is 0 Å². The van der Waals surface area contributed by atoms with Gasteiger partial charge >= 0.3 is 6.01 Å². The molecular weight excluding hydrogens is 352 g/mol. The number of benzene rings is 2. The molecule has 28 heavy (non-hydrogen) atoms. The lowest BCUT2D eigenvalue weighted by Gasteiger charge is -2.13. The van der Waals surface area contributed by atoms with Crippen LogP contribution in [0.25, 0.3) is 11.0 Å². The van der Waals surface area contributed by atoms with Crippen LogP contribution in [0.5, 0.6) is 11.8 Å². The second kappa shape index (κ2) is 7.48. The highest BCUT2D eigenvalue weighted by atomic mass is 16.5. The molecule has 0 radical (unpaired) electrons. The van der Waals surface area contributed by atoms with Gasteiger partial charge in [-0.1, -0.05) is 12.1 Å². The molecule has 0 aliphatic rings. The summed E-state index contributed by atoms with van der Waals surface area (Å²) in [7, 11) is 1.94. The van der Waals surface area contributed by atoms with Crippen LogP contribution in [0, 0.1) is 0 Å². The second-order valence-electron chi connectivity index (χ2n) is 6.39. The normalized spacial score (nSPS) is 10.8. The van der Waals surface area contributed by atoms with E-state index in [1.165, 1.54) is 0 Å². The number of fused-ring (bicyclic) bond motifs is 1. The molecule has 4 N–H and O–H groups in total. The van der Waals surface area contributed by atoms with E-state index in [4.69, 9.17) is 10.5 Å². The van der Waals surface area contributed by atoms with E-state index >= 15 is 0 Å². The topological polar surface area (TPSA) is 90.0 Å². The molecule has 0 bridgehead atoms. The average Bonchev–Trinajstić information content (AvgIpc) is 3.01. The summed E-state index contributed by atoms with van der Waals surface area (Å²) in [5, 5.41) is 6.56. The van der Waals surface area contributed by atoms with Gasteiger partial charge < -0.3 is 21.1 Å². The van der Waals surface area contributed by atoms with Crippen LogP contribution in [0.4, 0.5) is 22.9 Å². The number of hydrogen-bond donors (Lipinski definition) is 3. The number of rotatable bonds is 6. The molecule has 4 rings (SSSR count). The molecule has 0 saturated carbocycles. The van der Waals surface area contributed by atoms with Crippen molar-refractivity contribution in [1.29, 1.82) is 0 Å². The van der Waals surface area contributed by atoms with Gasteiger partial charge in [-0.3, -0.25) is 4.57 Å². The zero-order valence-electron chi connectivity index (χ0n) is 15.8. The van der Waals surface area contributed by atoms with Gasteiger partial charge in [0.15, 0.2) is 5.82 Å². The summed E-state index contributed by atoms with van der Waals surface area (Å²) in [4.78, 5) is 8.91. The van der Waals surface area contributed by atoms with Crippen LogP contribution in [0.3, 0.4) is 0 Å². The first-order valence-corrected chi connectivity index (χ1v) is 9.10. The highest BCUT2D eigenvalue weighted by Crippen LogP contribution is 2.28. The minimum atomic E-state index is 0.552. The number of anilines is 4. The second-order valence-corrected chi connectivity index (χ2v) is 6.39.